The van der Waals surface area contributed by atoms with Gasteiger partial charge in [-0.2, -0.15) is 5.10 Å². The van der Waals surface area contributed by atoms with E-state index in [-0.39, 0.29) is 18.4 Å². The van der Waals surface area contributed by atoms with Gasteiger partial charge in [-0.1, -0.05) is 6.08 Å². The number of aliphatic hydroxyl groups is 1. The van der Waals surface area contributed by atoms with Gasteiger partial charge in [-0.3, -0.25) is 9.69 Å². The highest BCUT2D eigenvalue weighted by molar-refractivity contribution is 5.95. The first-order chi connectivity index (χ1) is 7.76. The highest BCUT2D eigenvalue weighted by Crippen LogP contribution is 2.25. The average molecular weight is 221 g/mol. The van der Waals surface area contributed by atoms with Crippen molar-refractivity contribution in [1.82, 2.24) is 9.78 Å². The zero-order valence-corrected chi connectivity index (χ0v) is 9.04. The third kappa shape index (κ3) is 1.86. The third-order valence-electron chi connectivity index (χ3n) is 2.77. The van der Waals surface area contributed by atoms with Crippen LogP contribution in [0.15, 0.2) is 24.9 Å². The first-order valence-electron chi connectivity index (χ1n) is 5.32. The number of hydrogen-bond donors (Lipinski definition) is 1. The Kier molecular flexibility index (Phi) is 3.05. The summed E-state index contributed by atoms with van der Waals surface area (Å²) in [6.45, 7) is 4.79. The maximum Gasteiger partial charge on any atom is 0.228 e. The van der Waals surface area contributed by atoms with Crippen LogP contribution in [-0.2, 0) is 11.3 Å². The van der Waals surface area contributed by atoms with Gasteiger partial charge in [0.15, 0.2) is 0 Å². The largest absolute Gasteiger partial charge is 0.394 e. The van der Waals surface area contributed by atoms with Gasteiger partial charge in [0.25, 0.3) is 0 Å². The number of carbonyl (C=O) groups is 1. The van der Waals surface area contributed by atoms with Crippen molar-refractivity contribution in [3.8, 4) is 0 Å². The fourth-order valence-electron chi connectivity index (χ4n) is 1.94. The predicted molar refractivity (Wildman–Crippen MR) is 60.0 cm³/mol. The molecule has 5 nitrogen and oxygen atoms in total. The van der Waals surface area contributed by atoms with Crippen LogP contribution in [0.2, 0.25) is 0 Å². The lowest BCUT2D eigenvalue weighted by Crippen LogP contribution is -2.27. The first-order valence-corrected chi connectivity index (χ1v) is 5.32. The molecule has 1 fully saturated rings. The number of rotatable bonds is 4. The van der Waals surface area contributed by atoms with Crippen LogP contribution in [0.1, 0.15) is 6.42 Å². The Morgan fingerprint density at radius 1 is 1.69 bits per heavy atom. The molecular weight excluding hydrogens is 206 g/mol. The van der Waals surface area contributed by atoms with Crippen LogP contribution < -0.4 is 4.90 Å². The lowest BCUT2D eigenvalue weighted by atomic mass is 10.1. The molecule has 1 unspecified atom stereocenters. The lowest BCUT2D eigenvalue weighted by Gasteiger charge is -2.17. The van der Waals surface area contributed by atoms with E-state index in [2.05, 4.69) is 11.7 Å². The van der Waals surface area contributed by atoms with E-state index in [4.69, 9.17) is 5.11 Å². The van der Waals surface area contributed by atoms with Gasteiger partial charge in [-0.15, -0.1) is 6.58 Å². The quantitative estimate of drug-likeness (QED) is 0.749. The number of nitrogens with zero attached hydrogens (tertiary/aromatic N) is 3. The van der Waals surface area contributed by atoms with E-state index in [1.807, 2.05) is 6.08 Å². The zero-order chi connectivity index (χ0) is 11.5. The van der Waals surface area contributed by atoms with Crippen LogP contribution >= 0.6 is 0 Å². The number of aromatic nitrogens is 2. The fourth-order valence-corrected chi connectivity index (χ4v) is 1.94. The molecule has 1 aliphatic heterocycles. The fraction of sp³-hybridized carbons (Fsp3) is 0.455. The summed E-state index contributed by atoms with van der Waals surface area (Å²) in [6, 6.07) is 1.79. The number of carbonyl (C=O) groups excluding carboxylic acids is 1. The van der Waals surface area contributed by atoms with E-state index in [1.54, 1.807) is 21.8 Å². The Morgan fingerprint density at radius 2 is 2.50 bits per heavy atom. The summed E-state index contributed by atoms with van der Waals surface area (Å²) in [5.74, 6) is 1.05. The Labute approximate surface area is 94.0 Å². The van der Waals surface area contributed by atoms with E-state index >= 15 is 0 Å². The third-order valence-corrected chi connectivity index (χ3v) is 2.77. The van der Waals surface area contributed by atoms with Crippen molar-refractivity contribution >= 4 is 11.7 Å². The molecule has 1 aromatic rings. The van der Waals surface area contributed by atoms with Gasteiger partial charge in [0.05, 0.1) is 19.3 Å². The van der Waals surface area contributed by atoms with Crippen LogP contribution in [0, 0.1) is 5.92 Å². The van der Waals surface area contributed by atoms with E-state index in [0.29, 0.717) is 19.5 Å². The highest BCUT2D eigenvalue weighted by Gasteiger charge is 2.30. The minimum absolute atomic E-state index is 0.0155. The second-order valence-electron chi connectivity index (χ2n) is 3.84. The molecule has 1 aromatic heterocycles. The van der Waals surface area contributed by atoms with Crippen molar-refractivity contribution in [2.24, 2.45) is 5.92 Å². The van der Waals surface area contributed by atoms with Gasteiger partial charge in [0, 0.05) is 24.9 Å². The van der Waals surface area contributed by atoms with Crippen LogP contribution in [0.3, 0.4) is 0 Å². The SMILES string of the molecule is C=CC1CC(=O)N(c2ccnn2CCO)C1. The molecule has 1 atom stereocenters. The Bertz CT molecular complexity index is 400. The van der Waals surface area contributed by atoms with Crippen molar-refractivity contribution in [2.45, 2.75) is 13.0 Å². The Balaban J connectivity index is 2.20. The molecular formula is C11H15N3O2. The van der Waals surface area contributed by atoms with Gasteiger partial charge in [-0.25, -0.2) is 4.68 Å². The summed E-state index contributed by atoms with van der Waals surface area (Å²) in [6.07, 6.45) is 3.96. The summed E-state index contributed by atoms with van der Waals surface area (Å²) in [4.78, 5) is 13.5. The monoisotopic (exact) mass is 221 g/mol. The van der Waals surface area contributed by atoms with Crippen molar-refractivity contribution in [2.75, 3.05) is 18.1 Å². The van der Waals surface area contributed by atoms with Crippen molar-refractivity contribution in [3.05, 3.63) is 24.9 Å². The molecule has 2 heterocycles. The summed E-state index contributed by atoms with van der Waals surface area (Å²) in [5.41, 5.74) is 0. The minimum atomic E-state index is 0.0155. The molecule has 16 heavy (non-hydrogen) atoms. The van der Waals surface area contributed by atoms with Gasteiger partial charge >= 0.3 is 0 Å². The van der Waals surface area contributed by atoms with Gasteiger partial charge in [-0.05, 0) is 0 Å². The zero-order valence-electron chi connectivity index (χ0n) is 9.04. The van der Waals surface area contributed by atoms with E-state index in [1.165, 1.54) is 0 Å². The Hall–Kier alpha value is -1.62. The molecule has 1 saturated heterocycles. The molecule has 1 amide bonds. The summed E-state index contributed by atoms with van der Waals surface area (Å²) >= 11 is 0. The topological polar surface area (TPSA) is 58.4 Å². The molecule has 86 valence electrons. The summed E-state index contributed by atoms with van der Waals surface area (Å²) < 4.78 is 1.64. The van der Waals surface area contributed by atoms with Crippen molar-refractivity contribution in [3.63, 3.8) is 0 Å². The smallest absolute Gasteiger partial charge is 0.228 e. The van der Waals surface area contributed by atoms with E-state index in [9.17, 15) is 4.79 Å². The second kappa shape index (κ2) is 4.49. The van der Waals surface area contributed by atoms with E-state index < -0.39 is 0 Å². The van der Waals surface area contributed by atoms with Crippen LogP contribution in [-0.4, -0.2) is 33.9 Å². The molecule has 0 aromatic carbocycles. The highest BCUT2D eigenvalue weighted by atomic mass is 16.3. The molecule has 2 rings (SSSR count). The summed E-state index contributed by atoms with van der Waals surface area (Å²) in [5, 5.41) is 13.0. The predicted octanol–water partition coefficient (Wildman–Crippen LogP) is 0.414. The maximum absolute atomic E-state index is 11.8. The Morgan fingerprint density at radius 3 is 3.12 bits per heavy atom. The standard InChI is InChI=1S/C11H15N3O2/c1-2-9-7-11(16)13(8-9)10-3-4-12-14(10)5-6-15/h2-4,9,15H,1,5-8H2. The van der Waals surface area contributed by atoms with Crippen LogP contribution in [0.25, 0.3) is 0 Å². The molecule has 0 radical (unpaired) electrons. The lowest BCUT2D eigenvalue weighted by molar-refractivity contribution is -0.117. The van der Waals surface area contributed by atoms with Gasteiger partial charge in [0.2, 0.25) is 5.91 Å². The molecule has 0 aliphatic carbocycles. The average Bonchev–Trinajstić information content (AvgIpc) is 2.85. The molecule has 0 spiro atoms. The molecule has 5 heteroatoms. The normalized spacial score (nSPS) is 20.4. The second-order valence-corrected chi connectivity index (χ2v) is 3.84. The summed E-state index contributed by atoms with van der Waals surface area (Å²) in [7, 11) is 0. The van der Waals surface area contributed by atoms with E-state index in [0.717, 1.165) is 5.82 Å². The first kappa shape index (κ1) is 10.9. The number of aliphatic hydroxyl groups excluding tert-OH is 1. The minimum Gasteiger partial charge on any atom is -0.394 e. The van der Waals surface area contributed by atoms with Crippen molar-refractivity contribution in [1.29, 1.82) is 0 Å². The van der Waals surface area contributed by atoms with Crippen molar-refractivity contribution < 1.29 is 9.90 Å². The molecule has 1 N–H and O–H groups in total. The molecule has 0 saturated carbocycles. The van der Waals surface area contributed by atoms with Gasteiger partial charge in [0.1, 0.15) is 5.82 Å². The van der Waals surface area contributed by atoms with Crippen LogP contribution in [0.4, 0.5) is 5.82 Å². The number of hydrogen-bond acceptors (Lipinski definition) is 3. The molecule has 0 bridgehead atoms. The maximum atomic E-state index is 11.8. The van der Waals surface area contributed by atoms with Gasteiger partial charge < -0.3 is 5.11 Å². The number of anilines is 1. The van der Waals surface area contributed by atoms with Crippen LogP contribution in [0.5, 0.6) is 0 Å². The number of amides is 1. The molecule has 1 aliphatic rings.